The van der Waals surface area contributed by atoms with Crippen LogP contribution in [0.5, 0.6) is 0 Å². The molecule has 1 amide bonds. The number of fused-ring (bicyclic) bond motifs is 1. The van der Waals surface area contributed by atoms with Crippen molar-refractivity contribution in [3.8, 4) is 11.3 Å². The Hall–Kier alpha value is -1.79. The standard InChI is InChI=1S/C20H23FN2O2S/c21-15-7-5-14(6-8-15)16-13-26-19(22-16)9-10-20(24)23-11-12-25-18-4-2-1-3-17(18)23/h5-8,13,17-18H,1-4,9-12H2. The van der Waals surface area contributed by atoms with Crippen molar-refractivity contribution in [2.45, 2.75) is 50.7 Å². The van der Waals surface area contributed by atoms with Gasteiger partial charge < -0.3 is 9.64 Å². The summed E-state index contributed by atoms with van der Waals surface area (Å²) >= 11 is 1.56. The van der Waals surface area contributed by atoms with Gasteiger partial charge in [0.1, 0.15) is 5.82 Å². The number of aromatic nitrogens is 1. The minimum absolute atomic E-state index is 0.212. The van der Waals surface area contributed by atoms with E-state index in [2.05, 4.69) is 4.98 Å². The van der Waals surface area contributed by atoms with E-state index in [1.807, 2.05) is 10.3 Å². The topological polar surface area (TPSA) is 42.4 Å². The molecule has 1 aliphatic carbocycles. The molecule has 1 aromatic carbocycles. The Kier molecular flexibility index (Phi) is 5.31. The van der Waals surface area contributed by atoms with Gasteiger partial charge in [-0.1, -0.05) is 12.8 Å². The number of ether oxygens (including phenoxy) is 1. The van der Waals surface area contributed by atoms with E-state index in [0.717, 1.165) is 29.1 Å². The Morgan fingerprint density at radius 3 is 2.92 bits per heavy atom. The first-order chi connectivity index (χ1) is 12.7. The van der Waals surface area contributed by atoms with E-state index in [4.69, 9.17) is 4.74 Å². The van der Waals surface area contributed by atoms with Gasteiger partial charge in [-0.15, -0.1) is 11.3 Å². The highest BCUT2D eigenvalue weighted by Gasteiger charge is 2.36. The number of carbonyl (C=O) groups is 1. The number of carbonyl (C=O) groups excluding carboxylic acids is 1. The molecule has 138 valence electrons. The van der Waals surface area contributed by atoms with Crippen molar-refractivity contribution in [2.75, 3.05) is 13.2 Å². The molecule has 4 nitrogen and oxygen atoms in total. The molecule has 1 saturated carbocycles. The van der Waals surface area contributed by atoms with Crippen LogP contribution in [0.15, 0.2) is 29.6 Å². The number of benzene rings is 1. The molecule has 2 fully saturated rings. The number of nitrogens with zero attached hydrogens (tertiary/aromatic N) is 2. The molecule has 0 spiro atoms. The lowest BCUT2D eigenvalue weighted by Crippen LogP contribution is -2.54. The molecule has 2 aromatic rings. The van der Waals surface area contributed by atoms with E-state index in [9.17, 15) is 9.18 Å². The van der Waals surface area contributed by atoms with Crippen molar-refractivity contribution in [1.82, 2.24) is 9.88 Å². The van der Waals surface area contributed by atoms with Gasteiger partial charge in [0.2, 0.25) is 5.91 Å². The third-order valence-corrected chi connectivity index (χ3v) is 6.21. The van der Waals surface area contributed by atoms with Crippen molar-refractivity contribution in [3.63, 3.8) is 0 Å². The Bertz CT molecular complexity index is 759. The third kappa shape index (κ3) is 3.81. The maximum absolute atomic E-state index is 13.0. The van der Waals surface area contributed by atoms with E-state index in [1.165, 1.54) is 25.0 Å². The summed E-state index contributed by atoms with van der Waals surface area (Å²) in [6.07, 6.45) is 5.88. The highest BCUT2D eigenvalue weighted by atomic mass is 32.1. The minimum Gasteiger partial charge on any atom is -0.374 e. The molecule has 2 heterocycles. The maximum Gasteiger partial charge on any atom is 0.223 e. The van der Waals surface area contributed by atoms with Crippen LogP contribution in [0.3, 0.4) is 0 Å². The molecule has 1 aliphatic heterocycles. The first-order valence-corrected chi connectivity index (χ1v) is 10.2. The van der Waals surface area contributed by atoms with E-state index in [0.29, 0.717) is 26.0 Å². The van der Waals surface area contributed by atoms with Crippen LogP contribution in [-0.2, 0) is 16.0 Å². The summed E-state index contributed by atoms with van der Waals surface area (Å²) in [5.41, 5.74) is 1.75. The largest absolute Gasteiger partial charge is 0.374 e. The molecule has 0 radical (unpaired) electrons. The summed E-state index contributed by atoms with van der Waals surface area (Å²) in [6, 6.07) is 6.61. The highest BCUT2D eigenvalue weighted by Crippen LogP contribution is 2.29. The molecular weight excluding hydrogens is 351 g/mol. The van der Waals surface area contributed by atoms with Gasteiger partial charge in [-0.2, -0.15) is 0 Å². The average Bonchev–Trinajstić information content (AvgIpc) is 3.15. The van der Waals surface area contributed by atoms with Crippen LogP contribution in [0.4, 0.5) is 4.39 Å². The highest BCUT2D eigenvalue weighted by molar-refractivity contribution is 7.09. The quantitative estimate of drug-likeness (QED) is 0.811. The Morgan fingerprint density at radius 2 is 2.08 bits per heavy atom. The van der Waals surface area contributed by atoms with E-state index in [1.54, 1.807) is 23.5 Å². The zero-order valence-corrected chi connectivity index (χ0v) is 15.5. The summed E-state index contributed by atoms with van der Waals surface area (Å²) in [4.78, 5) is 19.4. The van der Waals surface area contributed by atoms with Crippen LogP contribution in [0, 0.1) is 5.82 Å². The van der Waals surface area contributed by atoms with Crippen LogP contribution in [0.1, 0.15) is 37.1 Å². The first-order valence-electron chi connectivity index (χ1n) is 9.32. The molecule has 0 bridgehead atoms. The van der Waals surface area contributed by atoms with Gasteiger partial charge >= 0.3 is 0 Å². The molecule has 1 saturated heterocycles. The van der Waals surface area contributed by atoms with Crippen LogP contribution < -0.4 is 0 Å². The summed E-state index contributed by atoms with van der Waals surface area (Å²) < 4.78 is 18.9. The molecule has 4 rings (SSSR count). The Balaban J connectivity index is 1.36. The molecule has 1 aromatic heterocycles. The van der Waals surface area contributed by atoms with Gasteiger partial charge in [0.05, 0.1) is 29.5 Å². The molecule has 0 N–H and O–H groups in total. The molecule has 26 heavy (non-hydrogen) atoms. The van der Waals surface area contributed by atoms with E-state index >= 15 is 0 Å². The van der Waals surface area contributed by atoms with E-state index in [-0.39, 0.29) is 23.9 Å². The van der Waals surface area contributed by atoms with Crippen molar-refractivity contribution in [3.05, 3.63) is 40.5 Å². The van der Waals surface area contributed by atoms with E-state index < -0.39 is 0 Å². The smallest absolute Gasteiger partial charge is 0.223 e. The summed E-state index contributed by atoms with van der Waals surface area (Å²) in [5, 5.41) is 2.92. The molecule has 2 unspecified atom stereocenters. The zero-order valence-electron chi connectivity index (χ0n) is 14.7. The molecular formula is C20H23FN2O2S. The number of amides is 1. The third-order valence-electron chi connectivity index (χ3n) is 5.30. The lowest BCUT2D eigenvalue weighted by Gasteiger charge is -2.43. The van der Waals surface area contributed by atoms with Gasteiger partial charge in [-0.3, -0.25) is 4.79 Å². The van der Waals surface area contributed by atoms with Crippen molar-refractivity contribution in [2.24, 2.45) is 0 Å². The fourth-order valence-electron chi connectivity index (χ4n) is 3.94. The van der Waals surface area contributed by atoms with Crippen LogP contribution in [-0.4, -0.2) is 41.1 Å². The summed E-state index contributed by atoms with van der Waals surface area (Å²) in [6.45, 7) is 1.36. The van der Waals surface area contributed by atoms with Gasteiger partial charge in [-0.05, 0) is 37.1 Å². The van der Waals surface area contributed by atoms with Crippen molar-refractivity contribution in [1.29, 1.82) is 0 Å². The number of halogens is 1. The predicted molar refractivity (Wildman–Crippen MR) is 99.5 cm³/mol. The lowest BCUT2D eigenvalue weighted by atomic mass is 9.90. The number of aryl methyl sites for hydroxylation is 1. The molecule has 2 atom stereocenters. The van der Waals surface area contributed by atoms with Crippen LogP contribution in [0.25, 0.3) is 11.3 Å². The number of rotatable bonds is 4. The number of thiazole rings is 1. The van der Waals surface area contributed by atoms with Crippen molar-refractivity contribution < 1.29 is 13.9 Å². The predicted octanol–water partition coefficient (Wildman–Crippen LogP) is 4.05. The van der Waals surface area contributed by atoms with Gasteiger partial charge in [0.25, 0.3) is 0 Å². The minimum atomic E-state index is -0.249. The van der Waals surface area contributed by atoms with Crippen molar-refractivity contribution >= 4 is 17.2 Å². The molecule has 6 heteroatoms. The van der Waals surface area contributed by atoms with Gasteiger partial charge in [0, 0.05) is 30.3 Å². The second-order valence-electron chi connectivity index (χ2n) is 6.98. The number of hydrogen-bond donors (Lipinski definition) is 0. The van der Waals surface area contributed by atoms with Gasteiger partial charge in [0.15, 0.2) is 0 Å². The van der Waals surface area contributed by atoms with Crippen LogP contribution in [0.2, 0.25) is 0 Å². The summed E-state index contributed by atoms with van der Waals surface area (Å²) in [5.74, 6) is -0.0370. The lowest BCUT2D eigenvalue weighted by molar-refractivity contribution is -0.149. The normalized spacial score (nSPS) is 22.9. The molecule has 2 aliphatic rings. The second-order valence-corrected chi connectivity index (χ2v) is 7.92. The number of morpholine rings is 1. The monoisotopic (exact) mass is 374 g/mol. The average molecular weight is 374 g/mol. The zero-order chi connectivity index (χ0) is 17.9. The van der Waals surface area contributed by atoms with Gasteiger partial charge in [-0.25, -0.2) is 9.37 Å². The second kappa shape index (κ2) is 7.84. The Labute approximate surface area is 157 Å². The SMILES string of the molecule is O=C(CCc1nc(-c2ccc(F)cc2)cs1)N1CCOC2CCCCC21. The first kappa shape index (κ1) is 17.6. The summed E-state index contributed by atoms with van der Waals surface area (Å²) in [7, 11) is 0. The Morgan fingerprint density at radius 1 is 1.27 bits per heavy atom. The van der Waals surface area contributed by atoms with Crippen LogP contribution >= 0.6 is 11.3 Å². The fraction of sp³-hybridized carbons (Fsp3) is 0.500. The maximum atomic E-state index is 13.0. The fourth-order valence-corrected chi connectivity index (χ4v) is 4.75. The number of hydrogen-bond acceptors (Lipinski definition) is 4.